The molecule has 0 aliphatic carbocycles. The lowest BCUT2D eigenvalue weighted by Crippen LogP contribution is -1.95. The Morgan fingerprint density at radius 2 is 2.42 bits per heavy atom. The third-order valence-corrected chi connectivity index (χ3v) is 1.32. The molecule has 0 atom stereocenters. The maximum atomic E-state index is 10.4. The molecule has 0 fully saturated rings. The van der Waals surface area contributed by atoms with E-state index in [0.717, 1.165) is 0 Å². The fraction of sp³-hybridized carbons (Fsp3) is 0.286. The third-order valence-electron chi connectivity index (χ3n) is 1.32. The van der Waals surface area contributed by atoms with E-state index < -0.39 is 5.97 Å². The number of carbonyl (C=O) groups is 1. The molecule has 1 N–H and O–H groups in total. The van der Waals surface area contributed by atoms with Gasteiger partial charge in [-0.15, -0.1) is 5.10 Å². The van der Waals surface area contributed by atoms with Gasteiger partial charge in [0.2, 0.25) is 0 Å². The molecule has 5 heteroatoms. The molecule has 5 nitrogen and oxygen atoms in total. The molecule has 1 aromatic rings. The van der Waals surface area contributed by atoms with Gasteiger partial charge in [0.1, 0.15) is 5.69 Å². The summed E-state index contributed by atoms with van der Waals surface area (Å²) in [5.41, 5.74) is 0.799. The van der Waals surface area contributed by atoms with Crippen LogP contribution in [0.5, 0.6) is 0 Å². The van der Waals surface area contributed by atoms with E-state index in [4.69, 9.17) is 5.11 Å². The van der Waals surface area contributed by atoms with Crippen LogP contribution in [0.1, 0.15) is 12.6 Å². The fourth-order valence-electron chi connectivity index (χ4n) is 0.715. The first-order chi connectivity index (χ1) is 5.59. The molecule has 0 aliphatic heterocycles. The van der Waals surface area contributed by atoms with Crippen LogP contribution in [-0.2, 0) is 11.8 Å². The van der Waals surface area contributed by atoms with E-state index in [-0.39, 0.29) is 5.57 Å². The SMILES string of the molecule is CC(=Cc1cn(C)nn1)C(=O)O. The largest absolute Gasteiger partial charge is 0.478 e. The molecule has 0 spiro atoms. The average Bonchev–Trinajstić information content (AvgIpc) is 2.35. The predicted molar refractivity (Wildman–Crippen MR) is 42.3 cm³/mol. The van der Waals surface area contributed by atoms with Crippen LogP contribution in [0.4, 0.5) is 0 Å². The number of hydrogen-bond donors (Lipinski definition) is 1. The van der Waals surface area contributed by atoms with Gasteiger partial charge in [0.15, 0.2) is 0 Å². The van der Waals surface area contributed by atoms with Gasteiger partial charge in [-0.25, -0.2) is 4.79 Å². The van der Waals surface area contributed by atoms with Crippen LogP contribution in [-0.4, -0.2) is 26.1 Å². The minimum absolute atomic E-state index is 0.246. The van der Waals surface area contributed by atoms with Gasteiger partial charge in [0.25, 0.3) is 0 Å². The number of aliphatic carboxylic acids is 1. The van der Waals surface area contributed by atoms with Crippen LogP contribution in [0.25, 0.3) is 6.08 Å². The molecule has 0 amide bonds. The minimum Gasteiger partial charge on any atom is -0.478 e. The maximum absolute atomic E-state index is 10.4. The van der Waals surface area contributed by atoms with Gasteiger partial charge in [-0.1, -0.05) is 5.21 Å². The number of carboxylic acids is 1. The summed E-state index contributed by atoms with van der Waals surface area (Å²) in [7, 11) is 1.72. The van der Waals surface area contributed by atoms with Crippen molar-refractivity contribution < 1.29 is 9.90 Å². The second-order valence-electron chi connectivity index (χ2n) is 2.45. The van der Waals surface area contributed by atoms with Crippen molar-refractivity contribution in [3.05, 3.63) is 17.5 Å². The summed E-state index contributed by atoms with van der Waals surface area (Å²) >= 11 is 0. The lowest BCUT2D eigenvalue weighted by molar-refractivity contribution is -0.132. The molecule has 0 aromatic carbocycles. The van der Waals surface area contributed by atoms with Crippen molar-refractivity contribution in [2.45, 2.75) is 6.92 Å². The highest BCUT2D eigenvalue weighted by Gasteiger charge is 2.01. The lowest BCUT2D eigenvalue weighted by atomic mass is 10.2. The standard InChI is InChI=1S/C7H9N3O2/c1-5(7(11)12)3-6-4-10(2)9-8-6/h3-4H,1-2H3,(H,11,12). The summed E-state index contributed by atoms with van der Waals surface area (Å²) in [4.78, 5) is 10.4. The molecule has 64 valence electrons. The molecule has 0 radical (unpaired) electrons. The molecular formula is C7H9N3O2. The maximum Gasteiger partial charge on any atom is 0.331 e. The Labute approximate surface area is 69.3 Å². The topological polar surface area (TPSA) is 68.0 Å². The molecule has 0 saturated carbocycles. The molecule has 0 unspecified atom stereocenters. The molecule has 0 saturated heterocycles. The number of aromatic nitrogens is 3. The van der Waals surface area contributed by atoms with Crippen LogP contribution in [0, 0.1) is 0 Å². The molecule has 1 aromatic heterocycles. The Hall–Kier alpha value is -1.65. The van der Waals surface area contributed by atoms with E-state index in [1.165, 1.54) is 17.7 Å². The summed E-state index contributed by atoms with van der Waals surface area (Å²) in [5.74, 6) is -0.944. The fourth-order valence-corrected chi connectivity index (χ4v) is 0.715. The van der Waals surface area contributed by atoms with Crippen LogP contribution in [0.15, 0.2) is 11.8 Å². The van der Waals surface area contributed by atoms with E-state index in [9.17, 15) is 4.79 Å². The van der Waals surface area contributed by atoms with E-state index in [0.29, 0.717) is 5.69 Å². The van der Waals surface area contributed by atoms with Gasteiger partial charge in [-0.2, -0.15) is 0 Å². The van der Waals surface area contributed by atoms with Gasteiger partial charge in [0.05, 0.1) is 6.20 Å². The minimum atomic E-state index is -0.944. The van der Waals surface area contributed by atoms with E-state index >= 15 is 0 Å². The quantitative estimate of drug-likeness (QED) is 0.643. The Morgan fingerprint density at radius 3 is 2.83 bits per heavy atom. The number of aryl methyl sites for hydroxylation is 1. The summed E-state index contributed by atoms with van der Waals surface area (Å²) in [6, 6.07) is 0. The zero-order valence-corrected chi connectivity index (χ0v) is 6.85. The molecular weight excluding hydrogens is 158 g/mol. The van der Waals surface area contributed by atoms with Gasteiger partial charge in [-0.3, -0.25) is 4.68 Å². The van der Waals surface area contributed by atoms with Crippen molar-refractivity contribution in [3.8, 4) is 0 Å². The van der Waals surface area contributed by atoms with Gasteiger partial charge in [0, 0.05) is 12.6 Å². The zero-order chi connectivity index (χ0) is 9.14. The molecule has 1 rings (SSSR count). The lowest BCUT2D eigenvalue weighted by Gasteiger charge is -1.88. The number of hydrogen-bond acceptors (Lipinski definition) is 3. The first-order valence-corrected chi connectivity index (χ1v) is 3.37. The highest BCUT2D eigenvalue weighted by molar-refractivity contribution is 5.90. The Balaban J connectivity index is 2.87. The number of carboxylic acid groups (broad SMARTS) is 1. The predicted octanol–water partition coefficient (Wildman–Crippen LogP) is 0.303. The molecule has 0 aliphatic rings. The second-order valence-corrected chi connectivity index (χ2v) is 2.45. The summed E-state index contributed by atoms with van der Waals surface area (Å²) in [5, 5.41) is 15.9. The Morgan fingerprint density at radius 1 is 1.75 bits per heavy atom. The normalized spacial score (nSPS) is 11.7. The van der Waals surface area contributed by atoms with Gasteiger partial charge < -0.3 is 5.11 Å². The van der Waals surface area contributed by atoms with E-state index in [1.54, 1.807) is 13.2 Å². The molecule has 1 heterocycles. The molecule has 12 heavy (non-hydrogen) atoms. The van der Waals surface area contributed by atoms with Crippen LogP contribution < -0.4 is 0 Å². The summed E-state index contributed by atoms with van der Waals surface area (Å²) in [6.07, 6.45) is 3.11. The third kappa shape index (κ3) is 1.91. The van der Waals surface area contributed by atoms with Crippen LogP contribution in [0.3, 0.4) is 0 Å². The van der Waals surface area contributed by atoms with Crippen LogP contribution >= 0.6 is 0 Å². The zero-order valence-electron chi connectivity index (χ0n) is 6.85. The van der Waals surface area contributed by atoms with E-state index in [1.807, 2.05) is 0 Å². The molecule has 0 bridgehead atoms. The van der Waals surface area contributed by atoms with Crippen molar-refractivity contribution >= 4 is 12.0 Å². The highest BCUT2D eigenvalue weighted by Crippen LogP contribution is 2.01. The van der Waals surface area contributed by atoms with Crippen molar-refractivity contribution in [2.24, 2.45) is 7.05 Å². The Bertz CT molecular complexity index is 327. The second kappa shape index (κ2) is 3.17. The summed E-state index contributed by atoms with van der Waals surface area (Å²) in [6.45, 7) is 1.51. The highest BCUT2D eigenvalue weighted by atomic mass is 16.4. The van der Waals surface area contributed by atoms with Crippen LogP contribution in [0.2, 0.25) is 0 Å². The average molecular weight is 167 g/mol. The number of nitrogens with zero attached hydrogens (tertiary/aromatic N) is 3. The van der Waals surface area contributed by atoms with Crippen molar-refractivity contribution in [1.29, 1.82) is 0 Å². The Kier molecular flexibility index (Phi) is 2.23. The van der Waals surface area contributed by atoms with Gasteiger partial charge >= 0.3 is 5.97 Å². The summed E-state index contributed by atoms with van der Waals surface area (Å²) < 4.78 is 1.51. The van der Waals surface area contributed by atoms with E-state index in [2.05, 4.69) is 10.3 Å². The van der Waals surface area contributed by atoms with Crippen molar-refractivity contribution in [1.82, 2.24) is 15.0 Å². The number of rotatable bonds is 2. The smallest absolute Gasteiger partial charge is 0.331 e. The first-order valence-electron chi connectivity index (χ1n) is 3.37. The van der Waals surface area contributed by atoms with Crippen molar-refractivity contribution in [2.75, 3.05) is 0 Å². The van der Waals surface area contributed by atoms with Gasteiger partial charge in [-0.05, 0) is 13.0 Å². The first kappa shape index (κ1) is 8.45. The van der Waals surface area contributed by atoms with Crippen molar-refractivity contribution in [3.63, 3.8) is 0 Å². The monoisotopic (exact) mass is 167 g/mol.